The lowest BCUT2D eigenvalue weighted by Crippen LogP contribution is -2.07. The molecule has 1 heterocycles. The van der Waals surface area contributed by atoms with Crippen LogP contribution in [0.2, 0.25) is 0 Å². The highest BCUT2D eigenvalue weighted by Crippen LogP contribution is 2.39. The normalized spacial score (nSPS) is 19.5. The average molecular weight is 247 g/mol. The Morgan fingerprint density at radius 2 is 2.33 bits per heavy atom. The van der Waals surface area contributed by atoms with Gasteiger partial charge in [-0.2, -0.15) is 0 Å². The van der Waals surface area contributed by atoms with Crippen LogP contribution in [0.15, 0.2) is 15.2 Å². The Labute approximate surface area is 84.6 Å². The Morgan fingerprint density at radius 3 is 2.83 bits per heavy atom. The number of aryl methyl sites for hydroxylation is 1. The molecule has 0 atom stereocenters. The second-order valence-electron chi connectivity index (χ2n) is 3.48. The molecule has 0 amide bonds. The fourth-order valence-electron chi connectivity index (χ4n) is 1.25. The van der Waals surface area contributed by atoms with E-state index < -0.39 is 0 Å². The Morgan fingerprint density at radius 1 is 1.58 bits per heavy atom. The molecule has 0 radical (unpaired) electrons. The van der Waals surface area contributed by atoms with Gasteiger partial charge >= 0.3 is 0 Å². The molecule has 1 aromatic heterocycles. The van der Waals surface area contributed by atoms with Crippen molar-refractivity contribution in [2.45, 2.75) is 31.3 Å². The van der Waals surface area contributed by atoms with E-state index in [9.17, 15) is 5.11 Å². The van der Waals surface area contributed by atoms with Crippen molar-refractivity contribution >= 4 is 27.3 Å². The molecule has 66 valence electrons. The van der Waals surface area contributed by atoms with Crippen molar-refractivity contribution in [3.8, 4) is 0 Å². The van der Waals surface area contributed by atoms with Crippen molar-refractivity contribution in [1.29, 1.82) is 0 Å². The fourth-order valence-corrected chi connectivity index (χ4v) is 2.49. The van der Waals surface area contributed by atoms with Gasteiger partial charge < -0.3 is 5.11 Å². The lowest BCUT2D eigenvalue weighted by Gasteiger charge is -2.04. The number of rotatable bonds is 3. The summed E-state index contributed by atoms with van der Waals surface area (Å²) in [6, 6.07) is 2.14. The highest BCUT2D eigenvalue weighted by atomic mass is 79.9. The van der Waals surface area contributed by atoms with Crippen molar-refractivity contribution in [3.05, 3.63) is 20.8 Å². The van der Waals surface area contributed by atoms with E-state index in [0.717, 1.165) is 25.7 Å². The monoisotopic (exact) mass is 246 g/mol. The maximum absolute atomic E-state index is 9.59. The molecule has 0 spiro atoms. The van der Waals surface area contributed by atoms with Crippen LogP contribution in [-0.4, -0.2) is 10.7 Å². The number of thiophene rings is 1. The van der Waals surface area contributed by atoms with E-state index in [1.165, 1.54) is 9.35 Å². The first kappa shape index (κ1) is 8.73. The minimum absolute atomic E-state index is 0.297. The highest BCUT2D eigenvalue weighted by Gasteiger charge is 2.39. The molecule has 12 heavy (non-hydrogen) atoms. The molecule has 0 aliphatic heterocycles. The summed E-state index contributed by atoms with van der Waals surface area (Å²) in [5, 5.41) is 11.7. The molecule has 0 bridgehead atoms. The van der Waals surface area contributed by atoms with E-state index in [-0.39, 0.29) is 5.60 Å². The van der Waals surface area contributed by atoms with E-state index in [2.05, 4.69) is 27.4 Å². The van der Waals surface area contributed by atoms with Gasteiger partial charge in [-0.05, 0) is 58.6 Å². The van der Waals surface area contributed by atoms with Crippen LogP contribution in [0.5, 0.6) is 0 Å². The molecule has 1 nitrogen and oxygen atoms in total. The Kier molecular flexibility index (Phi) is 2.27. The van der Waals surface area contributed by atoms with Gasteiger partial charge in [0, 0.05) is 0 Å². The largest absolute Gasteiger partial charge is 0.390 e. The highest BCUT2D eigenvalue weighted by molar-refractivity contribution is 9.11. The molecule has 3 heteroatoms. The predicted octanol–water partition coefficient (Wildman–Crippen LogP) is 2.97. The van der Waals surface area contributed by atoms with Crippen LogP contribution in [0.3, 0.4) is 0 Å². The maximum atomic E-state index is 9.59. The Hall–Kier alpha value is 0.140. The van der Waals surface area contributed by atoms with Crippen LogP contribution in [0.4, 0.5) is 0 Å². The third-order valence-corrected chi connectivity index (χ3v) is 3.88. The zero-order valence-electron chi connectivity index (χ0n) is 6.72. The van der Waals surface area contributed by atoms with E-state index in [1.807, 2.05) is 0 Å². The van der Waals surface area contributed by atoms with Gasteiger partial charge in [-0.15, -0.1) is 11.3 Å². The lowest BCUT2D eigenvalue weighted by molar-refractivity contribution is 0.140. The third-order valence-electron chi connectivity index (χ3n) is 2.33. The Bertz CT molecular complexity index is 278. The number of hydrogen-bond donors (Lipinski definition) is 1. The van der Waals surface area contributed by atoms with E-state index >= 15 is 0 Å². The van der Waals surface area contributed by atoms with Crippen LogP contribution in [-0.2, 0) is 6.42 Å². The second kappa shape index (κ2) is 3.13. The molecule has 1 aromatic rings. The van der Waals surface area contributed by atoms with E-state index in [1.54, 1.807) is 11.3 Å². The molecular formula is C9H11BrOS. The first-order chi connectivity index (χ1) is 5.68. The summed E-state index contributed by atoms with van der Waals surface area (Å²) in [6.07, 6.45) is 3.94. The van der Waals surface area contributed by atoms with Crippen molar-refractivity contribution in [2.24, 2.45) is 0 Å². The molecule has 1 saturated carbocycles. The zero-order valence-corrected chi connectivity index (χ0v) is 9.12. The summed E-state index contributed by atoms with van der Waals surface area (Å²) in [5.74, 6) is 0. The maximum Gasteiger partial charge on any atom is 0.0701 e. The van der Waals surface area contributed by atoms with Gasteiger partial charge in [0.25, 0.3) is 0 Å². The molecule has 2 rings (SSSR count). The number of aliphatic hydroxyl groups is 1. The van der Waals surface area contributed by atoms with Gasteiger partial charge in [-0.25, -0.2) is 0 Å². The predicted molar refractivity (Wildman–Crippen MR) is 54.5 cm³/mol. The standard InChI is InChI=1S/C9H11BrOS/c10-8-5-7(6-12-8)1-2-9(11)3-4-9/h5-6,11H,1-4H2. The SMILES string of the molecule is OC1(CCc2csc(Br)c2)CC1. The summed E-state index contributed by atoms with van der Waals surface area (Å²) < 4.78 is 1.18. The third kappa shape index (κ3) is 2.09. The number of halogens is 1. The van der Waals surface area contributed by atoms with Gasteiger partial charge in [0.2, 0.25) is 0 Å². The average Bonchev–Trinajstić information content (AvgIpc) is 2.60. The quantitative estimate of drug-likeness (QED) is 0.870. The van der Waals surface area contributed by atoms with Crippen LogP contribution in [0.1, 0.15) is 24.8 Å². The smallest absolute Gasteiger partial charge is 0.0701 e. The van der Waals surface area contributed by atoms with E-state index in [4.69, 9.17) is 0 Å². The van der Waals surface area contributed by atoms with Gasteiger partial charge in [0.1, 0.15) is 0 Å². The first-order valence-electron chi connectivity index (χ1n) is 4.13. The molecule has 1 N–H and O–H groups in total. The van der Waals surface area contributed by atoms with E-state index in [0.29, 0.717) is 0 Å². The van der Waals surface area contributed by atoms with Crippen molar-refractivity contribution in [3.63, 3.8) is 0 Å². The Balaban J connectivity index is 1.87. The lowest BCUT2D eigenvalue weighted by atomic mass is 10.1. The van der Waals surface area contributed by atoms with Gasteiger partial charge in [0.05, 0.1) is 9.39 Å². The molecule has 1 aliphatic rings. The zero-order chi connectivity index (χ0) is 8.60. The fraction of sp³-hybridized carbons (Fsp3) is 0.556. The minimum Gasteiger partial charge on any atom is -0.390 e. The number of hydrogen-bond acceptors (Lipinski definition) is 2. The first-order valence-corrected chi connectivity index (χ1v) is 5.81. The van der Waals surface area contributed by atoms with Crippen molar-refractivity contribution in [1.82, 2.24) is 0 Å². The molecule has 0 aromatic carbocycles. The second-order valence-corrected chi connectivity index (χ2v) is 5.77. The van der Waals surface area contributed by atoms with Crippen molar-refractivity contribution < 1.29 is 5.11 Å². The van der Waals surface area contributed by atoms with Gasteiger partial charge in [-0.1, -0.05) is 0 Å². The van der Waals surface area contributed by atoms with Crippen molar-refractivity contribution in [2.75, 3.05) is 0 Å². The molecule has 1 fully saturated rings. The van der Waals surface area contributed by atoms with Gasteiger partial charge in [0.15, 0.2) is 0 Å². The summed E-state index contributed by atoms with van der Waals surface area (Å²) >= 11 is 5.13. The minimum atomic E-state index is -0.297. The molecular weight excluding hydrogens is 236 g/mol. The van der Waals surface area contributed by atoms with Crippen LogP contribution < -0.4 is 0 Å². The summed E-state index contributed by atoms with van der Waals surface area (Å²) in [4.78, 5) is 0. The van der Waals surface area contributed by atoms with Crippen LogP contribution in [0.25, 0.3) is 0 Å². The molecule has 0 saturated heterocycles. The van der Waals surface area contributed by atoms with Gasteiger partial charge in [-0.3, -0.25) is 0 Å². The molecule has 1 aliphatic carbocycles. The molecule has 0 unspecified atom stereocenters. The van der Waals surface area contributed by atoms with Crippen LogP contribution in [0, 0.1) is 0 Å². The summed E-state index contributed by atoms with van der Waals surface area (Å²) in [5.41, 5.74) is 1.04. The topological polar surface area (TPSA) is 20.2 Å². The summed E-state index contributed by atoms with van der Waals surface area (Å²) in [6.45, 7) is 0. The summed E-state index contributed by atoms with van der Waals surface area (Å²) in [7, 11) is 0. The van der Waals surface area contributed by atoms with Crippen LogP contribution >= 0.6 is 27.3 Å².